The summed E-state index contributed by atoms with van der Waals surface area (Å²) in [5.41, 5.74) is 2.61. The summed E-state index contributed by atoms with van der Waals surface area (Å²) >= 11 is 3.57. The van der Waals surface area contributed by atoms with Crippen LogP contribution in [0.4, 0.5) is 0 Å². The van der Waals surface area contributed by atoms with Crippen LogP contribution < -0.4 is 10.9 Å². The number of hydrogen-bond donors (Lipinski definition) is 2. The molecule has 1 saturated heterocycles. The number of nitrogens with one attached hydrogen (secondary N) is 2. The van der Waals surface area contributed by atoms with Crippen LogP contribution in [0.2, 0.25) is 0 Å². The Labute approximate surface area is 135 Å². The molecule has 6 heteroatoms. The first-order chi connectivity index (χ1) is 10.6. The van der Waals surface area contributed by atoms with Crippen molar-refractivity contribution in [3.63, 3.8) is 0 Å². The standard InChI is InChI=1S/C16H17BrN4O/c1-9-7-10(5-6-18-9)13-8-14(22)19-16-15-11(17)3-2-4-12(15)20-21(13)16/h2-4,8-10,18H,5-7H2,1H3,(H,19,22)/t9-,10+/m0/s1. The lowest BCUT2D eigenvalue weighted by Crippen LogP contribution is -2.35. The fourth-order valence-electron chi connectivity index (χ4n) is 3.44. The van der Waals surface area contributed by atoms with Gasteiger partial charge in [-0.25, -0.2) is 4.52 Å². The van der Waals surface area contributed by atoms with Gasteiger partial charge in [-0.15, -0.1) is 0 Å². The van der Waals surface area contributed by atoms with Crippen LogP contribution in [0.25, 0.3) is 16.6 Å². The maximum Gasteiger partial charge on any atom is 0.251 e. The number of piperidine rings is 1. The van der Waals surface area contributed by atoms with Crippen LogP contribution in [0.3, 0.4) is 0 Å². The zero-order chi connectivity index (χ0) is 15.3. The van der Waals surface area contributed by atoms with Gasteiger partial charge in [0, 0.05) is 22.5 Å². The third-order valence-electron chi connectivity index (χ3n) is 4.46. The van der Waals surface area contributed by atoms with Crippen molar-refractivity contribution in [1.29, 1.82) is 0 Å². The molecule has 0 unspecified atom stereocenters. The van der Waals surface area contributed by atoms with Crippen molar-refractivity contribution < 1.29 is 0 Å². The summed E-state index contributed by atoms with van der Waals surface area (Å²) in [5.74, 6) is 0.356. The molecule has 114 valence electrons. The second-order valence-corrected chi connectivity index (χ2v) is 6.88. The number of H-pyrrole nitrogens is 1. The third-order valence-corrected chi connectivity index (χ3v) is 5.12. The van der Waals surface area contributed by atoms with Crippen LogP contribution in [0.1, 0.15) is 31.4 Å². The molecule has 0 saturated carbocycles. The van der Waals surface area contributed by atoms with E-state index in [1.54, 1.807) is 6.07 Å². The number of halogens is 1. The number of aromatic amines is 1. The number of rotatable bonds is 1. The molecule has 3 aromatic rings. The van der Waals surface area contributed by atoms with E-state index >= 15 is 0 Å². The quantitative estimate of drug-likeness (QED) is 0.701. The first-order valence-electron chi connectivity index (χ1n) is 7.57. The summed E-state index contributed by atoms with van der Waals surface area (Å²) in [7, 11) is 0. The first-order valence-corrected chi connectivity index (χ1v) is 8.36. The van der Waals surface area contributed by atoms with Gasteiger partial charge in [0.2, 0.25) is 0 Å². The number of aromatic nitrogens is 3. The number of nitrogens with zero attached hydrogens (tertiary/aromatic N) is 2. The lowest BCUT2D eigenvalue weighted by molar-refractivity contribution is 0.372. The molecule has 4 rings (SSSR count). The Morgan fingerprint density at radius 3 is 3.09 bits per heavy atom. The monoisotopic (exact) mass is 360 g/mol. The predicted molar refractivity (Wildman–Crippen MR) is 90.5 cm³/mol. The molecule has 0 amide bonds. The summed E-state index contributed by atoms with van der Waals surface area (Å²) < 4.78 is 2.87. The van der Waals surface area contributed by atoms with Crippen LogP contribution in [-0.4, -0.2) is 27.2 Å². The highest BCUT2D eigenvalue weighted by Crippen LogP contribution is 2.31. The second-order valence-electron chi connectivity index (χ2n) is 6.03. The summed E-state index contributed by atoms with van der Waals surface area (Å²) in [5, 5.41) is 9.13. The van der Waals surface area contributed by atoms with E-state index in [1.165, 1.54) is 0 Å². The molecule has 1 aliphatic rings. The SMILES string of the molecule is C[C@H]1C[C@H](c2cc(=O)[nH]c3c4c(Br)cccc4nn23)CCN1. The van der Waals surface area contributed by atoms with Gasteiger partial charge in [-0.2, -0.15) is 5.10 Å². The van der Waals surface area contributed by atoms with Crippen LogP contribution in [0.15, 0.2) is 33.5 Å². The van der Waals surface area contributed by atoms with Crippen molar-refractivity contribution in [3.05, 3.63) is 44.8 Å². The molecule has 1 aromatic carbocycles. The molecule has 2 N–H and O–H groups in total. The number of benzene rings is 1. The van der Waals surface area contributed by atoms with Crippen LogP contribution in [-0.2, 0) is 0 Å². The Morgan fingerprint density at radius 2 is 2.27 bits per heavy atom. The molecule has 1 fully saturated rings. The van der Waals surface area contributed by atoms with Gasteiger partial charge in [0.1, 0.15) is 5.65 Å². The topological polar surface area (TPSA) is 62.2 Å². The van der Waals surface area contributed by atoms with Crippen molar-refractivity contribution in [2.24, 2.45) is 0 Å². The van der Waals surface area contributed by atoms with Gasteiger partial charge in [0.05, 0.1) is 16.6 Å². The highest BCUT2D eigenvalue weighted by Gasteiger charge is 2.24. The Kier molecular flexibility index (Phi) is 3.31. The predicted octanol–water partition coefficient (Wildman–Crippen LogP) is 2.79. The molecule has 1 aliphatic heterocycles. The van der Waals surface area contributed by atoms with E-state index in [9.17, 15) is 4.79 Å². The zero-order valence-electron chi connectivity index (χ0n) is 12.3. The molecule has 0 spiro atoms. The molecule has 2 atom stereocenters. The normalized spacial score (nSPS) is 22.5. The van der Waals surface area contributed by atoms with E-state index in [0.29, 0.717) is 12.0 Å². The van der Waals surface area contributed by atoms with Gasteiger partial charge in [-0.05, 0) is 54.4 Å². The first kappa shape index (κ1) is 14.0. The summed E-state index contributed by atoms with van der Waals surface area (Å²) in [6.07, 6.45) is 2.05. The summed E-state index contributed by atoms with van der Waals surface area (Å²) in [6.45, 7) is 3.16. The maximum atomic E-state index is 12.2. The van der Waals surface area contributed by atoms with E-state index in [1.807, 2.05) is 22.7 Å². The van der Waals surface area contributed by atoms with Crippen molar-refractivity contribution in [2.75, 3.05) is 6.54 Å². The minimum atomic E-state index is -0.0637. The lowest BCUT2D eigenvalue weighted by atomic mass is 9.90. The fourth-order valence-corrected chi connectivity index (χ4v) is 3.98. The van der Waals surface area contributed by atoms with Crippen molar-refractivity contribution in [2.45, 2.75) is 31.7 Å². The van der Waals surface area contributed by atoms with Gasteiger partial charge in [0.25, 0.3) is 5.56 Å². The van der Waals surface area contributed by atoms with Gasteiger partial charge >= 0.3 is 0 Å². The van der Waals surface area contributed by atoms with Crippen molar-refractivity contribution in [1.82, 2.24) is 19.9 Å². The fraction of sp³-hybridized carbons (Fsp3) is 0.375. The van der Waals surface area contributed by atoms with Gasteiger partial charge in [-0.1, -0.05) is 6.07 Å². The van der Waals surface area contributed by atoms with E-state index in [4.69, 9.17) is 5.10 Å². The molecule has 2 aromatic heterocycles. The molecule has 3 heterocycles. The second kappa shape index (κ2) is 5.21. The Balaban J connectivity index is 2.00. The van der Waals surface area contributed by atoms with Gasteiger partial charge < -0.3 is 10.3 Å². The minimum Gasteiger partial charge on any atom is -0.314 e. The molecule has 5 nitrogen and oxygen atoms in total. The van der Waals surface area contributed by atoms with E-state index in [0.717, 1.165) is 46.1 Å². The number of fused-ring (bicyclic) bond motifs is 3. The van der Waals surface area contributed by atoms with E-state index in [-0.39, 0.29) is 5.56 Å². The Hall–Kier alpha value is -1.66. The van der Waals surface area contributed by atoms with Gasteiger partial charge in [-0.3, -0.25) is 4.79 Å². The summed E-state index contributed by atoms with van der Waals surface area (Å²) in [6, 6.07) is 8.07. The van der Waals surface area contributed by atoms with Crippen LogP contribution >= 0.6 is 15.9 Å². The van der Waals surface area contributed by atoms with Crippen LogP contribution in [0.5, 0.6) is 0 Å². The van der Waals surface area contributed by atoms with E-state index in [2.05, 4.69) is 33.2 Å². The third kappa shape index (κ3) is 2.18. The minimum absolute atomic E-state index is 0.0637. The molecule has 0 aliphatic carbocycles. The molecular formula is C16H17BrN4O. The molecule has 0 radical (unpaired) electrons. The molecule has 22 heavy (non-hydrogen) atoms. The van der Waals surface area contributed by atoms with Gasteiger partial charge in [0.15, 0.2) is 0 Å². The summed E-state index contributed by atoms with van der Waals surface area (Å²) in [4.78, 5) is 15.1. The average molecular weight is 361 g/mol. The van der Waals surface area contributed by atoms with Crippen LogP contribution in [0, 0.1) is 0 Å². The maximum absolute atomic E-state index is 12.2. The largest absolute Gasteiger partial charge is 0.314 e. The Bertz CT molecular complexity index is 914. The smallest absolute Gasteiger partial charge is 0.251 e. The zero-order valence-corrected chi connectivity index (χ0v) is 13.9. The van der Waals surface area contributed by atoms with Crippen molar-refractivity contribution in [3.8, 4) is 0 Å². The number of hydrogen-bond acceptors (Lipinski definition) is 3. The Morgan fingerprint density at radius 1 is 1.41 bits per heavy atom. The molecule has 0 bridgehead atoms. The highest BCUT2D eigenvalue weighted by atomic mass is 79.9. The molecular weight excluding hydrogens is 344 g/mol. The van der Waals surface area contributed by atoms with E-state index < -0.39 is 0 Å². The highest BCUT2D eigenvalue weighted by molar-refractivity contribution is 9.10. The van der Waals surface area contributed by atoms with Crippen molar-refractivity contribution >= 4 is 32.5 Å². The lowest BCUT2D eigenvalue weighted by Gasteiger charge is -2.28. The average Bonchev–Trinajstić information content (AvgIpc) is 2.86.